The first-order valence-corrected chi connectivity index (χ1v) is 8.73. The van der Waals surface area contributed by atoms with Crippen LogP contribution in [0, 0.1) is 0 Å². The predicted octanol–water partition coefficient (Wildman–Crippen LogP) is 2.57. The van der Waals surface area contributed by atoms with Crippen LogP contribution in [0.4, 0.5) is 5.13 Å². The highest BCUT2D eigenvalue weighted by Gasteiger charge is 2.22. The highest BCUT2D eigenvalue weighted by Crippen LogP contribution is 2.29. The van der Waals surface area contributed by atoms with Crippen LogP contribution >= 0.6 is 11.3 Å². The largest absolute Gasteiger partial charge is 0.380 e. The van der Waals surface area contributed by atoms with Gasteiger partial charge in [-0.3, -0.25) is 0 Å². The molecule has 0 atom stereocenters. The van der Waals surface area contributed by atoms with E-state index in [1.54, 1.807) is 0 Å². The molecule has 0 spiro atoms. The molecule has 4 nitrogen and oxygen atoms in total. The molecule has 0 aromatic carbocycles. The molecule has 112 valence electrons. The van der Waals surface area contributed by atoms with Gasteiger partial charge in [0.1, 0.15) is 0 Å². The molecule has 0 radical (unpaired) electrons. The second-order valence-electron chi connectivity index (χ2n) is 5.72. The lowest BCUT2D eigenvalue weighted by Gasteiger charge is -2.17. The highest BCUT2D eigenvalue weighted by atomic mass is 32.1. The van der Waals surface area contributed by atoms with E-state index in [4.69, 9.17) is 9.72 Å². The van der Waals surface area contributed by atoms with Crippen molar-refractivity contribution in [2.24, 2.45) is 0 Å². The molecule has 20 heavy (non-hydrogen) atoms. The average molecular weight is 295 g/mol. The lowest BCUT2D eigenvalue weighted by atomic mass is 10.2. The number of aromatic nitrogens is 1. The van der Waals surface area contributed by atoms with Crippen molar-refractivity contribution >= 4 is 16.5 Å². The zero-order chi connectivity index (χ0) is 13.8. The van der Waals surface area contributed by atoms with Crippen LogP contribution in [-0.2, 0) is 17.7 Å². The van der Waals surface area contributed by atoms with Gasteiger partial charge < -0.3 is 15.0 Å². The molecule has 3 rings (SSSR count). The third kappa shape index (κ3) is 3.71. The van der Waals surface area contributed by atoms with Crippen molar-refractivity contribution < 1.29 is 4.74 Å². The molecular weight excluding hydrogens is 270 g/mol. The van der Waals surface area contributed by atoms with Crippen molar-refractivity contribution in [3.05, 3.63) is 10.6 Å². The molecular formula is C15H25N3OS. The van der Waals surface area contributed by atoms with Crippen LogP contribution in [0.25, 0.3) is 0 Å². The minimum Gasteiger partial charge on any atom is -0.380 e. The molecule has 1 saturated carbocycles. The van der Waals surface area contributed by atoms with E-state index in [1.807, 2.05) is 11.3 Å². The Morgan fingerprint density at radius 2 is 2.25 bits per heavy atom. The Balaban J connectivity index is 1.70. The molecule has 2 heterocycles. The van der Waals surface area contributed by atoms with Crippen LogP contribution in [0.5, 0.6) is 0 Å². The summed E-state index contributed by atoms with van der Waals surface area (Å²) in [6.45, 7) is 7.01. The summed E-state index contributed by atoms with van der Waals surface area (Å²) in [5, 5.41) is 4.83. The first-order chi connectivity index (χ1) is 9.86. The molecule has 0 unspecified atom stereocenters. The zero-order valence-electron chi connectivity index (χ0n) is 12.4. The molecule has 1 aromatic rings. The van der Waals surface area contributed by atoms with E-state index in [0.29, 0.717) is 0 Å². The lowest BCUT2D eigenvalue weighted by molar-refractivity contribution is 0.152. The maximum Gasteiger partial charge on any atom is 0.185 e. The Labute approximate surface area is 125 Å². The fourth-order valence-corrected chi connectivity index (χ4v) is 3.65. The van der Waals surface area contributed by atoms with Gasteiger partial charge in [0.2, 0.25) is 0 Å². The Morgan fingerprint density at radius 1 is 1.35 bits per heavy atom. The quantitative estimate of drug-likeness (QED) is 0.875. The summed E-state index contributed by atoms with van der Waals surface area (Å²) >= 11 is 1.88. The van der Waals surface area contributed by atoms with Crippen molar-refractivity contribution in [3.63, 3.8) is 0 Å². The van der Waals surface area contributed by atoms with E-state index in [-0.39, 0.29) is 0 Å². The third-order valence-electron chi connectivity index (χ3n) is 3.88. The van der Waals surface area contributed by atoms with E-state index < -0.39 is 0 Å². The Kier molecular flexibility index (Phi) is 4.91. The van der Waals surface area contributed by atoms with Gasteiger partial charge in [-0.1, -0.05) is 13.3 Å². The topological polar surface area (TPSA) is 37.4 Å². The Bertz CT molecular complexity index is 423. The normalized spacial score (nSPS) is 20.1. The Morgan fingerprint density at radius 3 is 3.05 bits per heavy atom. The lowest BCUT2D eigenvalue weighted by Crippen LogP contribution is -2.25. The molecule has 1 aliphatic heterocycles. The number of hydrogen-bond donors (Lipinski definition) is 1. The molecule has 2 aliphatic rings. The number of nitrogens with one attached hydrogen (secondary N) is 1. The van der Waals surface area contributed by atoms with Crippen molar-refractivity contribution in [3.8, 4) is 0 Å². The van der Waals surface area contributed by atoms with Crippen LogP contribution in [0.3, 0.4) is 0 Å². The number of hydrogen-bond acceptors (Lipinski definition) is 5. The van der Waals surface area contributed by atoms with E-state index >= 15 is 0 Å². The summed E-state index contributed by atoms with van der Waals surface area (Å²) in [5.74, 6) is 0. The summed E-state index contributed by atoms with van der Waals surface area (Å²) in [6.07, 6.45) is 6.07. The summed E-state index contributed by atoms with van der Waals surface area (Å²) in [6, 6.07) is 0.765. The van der Waals surface area contributed by atoms with Gasteiger partial charge in [0.15, 0.2) is 5.13 Å². The second-order valence-corrected chi connectivity index (χ2v) is 6.79. The van der Waals surface area contributed by atoms with Gasteiger partial charge in [0, 0.05) is 37.2 Å². The SMILES string of the molecule is CCCc1nc(N2CCCOCC2)sc1CNC1CC1. The molecule has 5 heteroatoms. The molecule has 1 aromatic heterocycles. The minimum absolute atomic E-state index is 0.765. The minimum atomic E-state index is 0.765. The van der Waals surface area contributed by atoms with Crippen LogP contribution in [0.15, 0.2) is 0 Å². The van der Waals surface area contributed by atoms with Gasteiger partial charge in [-0.05, 0) is 25.7 Å². The van der Waals surface area contributed by atoms with Crippen LogP contribution in [0.2, 0.25) is 0 Å². The van der Waals surface area contributed by atoms with Gasteiger partial charge in [0.05, 0.1) is 12.3 Å². The van der Waals surface area contributed by atoms with Gasteiger partial charge in [-0.15, -0.1) is 11.3 Å². The van der Waals surface area contributed by atoms with Crippen molar-refractivity contribution in [1.29, 1.82) is 0 Å². The van der Waals surface area contributed by atoms with Crippen LogP contribution in [0.1, 0.15) is 43.2 Å². The van der Waals surface area contributed by atoms with E-state index in [1.165, 1.54) is 35.0 Å². The fourth-order valence-electron chi connectivity index (χ4n) is 2.54. The van der Waals surface area contributed by atoms with Crippen LogP contribution < -0.4 is 10.2 Å². The zero-order valence-corrected chi connectivity index (χ0v) is 13.2. The number of nitrogens with zero attached hydrogens (tertiary/aromatic N) is 2. The first-order valence-electron chi connectivity index (χ1n) is 7.91. The second kappa shape index (κ2) is 6.87. The number of rotatable bonds is 6. The number of ether oxygens (including phenoxy) is 1. The van der Waals surface area contributed by atoms with E-state index in [2.05, 4.69) is 17.1 Å². The molecule has 0 amide bonds. The molecule has 2 fully saturated rings. The van der Waals surface area contributed by atoms with E-state index in [9.17, 15) is 0 Å². The maximum atomic E-state index is 5.54. The van der Waals surface area contributed by atoms with Gasteiger partial charge in [0.25, 0.3) is 0 Å². The average Bonchev–Trinajstić information content (AvgIpc) is 3.24. The Hall–Kier alpha value is -0.650. The van der Waals surface area contributed by atoms with Crippen LogP contribution in [-0.4, -0.2) is 37.3 Å². The monoisotopic (exact) mass is 295 g/mol. The number of aryl methyl sites for hydroxylation is 1. The third-order valence-corrected chi connectivity index (χ3v) is 5.03. The molecule has 0 bridgehead atoms. The van der Waals surface area contributed by atoms with E-state index in [0.717, 1.165) is 51.7 Å². The maximum absolute atomic E-state index is 5.54. The standard InChI is InChI=1S/C15H25N3OS/c1-2-4-13-14(11-16-12-5-6-12)20-15(17-13)18-7-3-9-19-10-8-18/h12,16H,2-11H2,1H3. The number of thiazole rings is 1. The van der Waals surface area contributed by atoms with Crippen molar-refractivity contribution in [2.75, 3.05) is 31.2 Å². The summed E-state index contributed by atoms with van der Waals surface area (Å²) < 4.78 is 5.54. The summed E-state index contributed by atoms with van der Waals surface area (Å²) in [7, 11) is 0. The fraction of sp³-hybridized carbons (Fsp3) is 0.800. The first kappa shape index (κ1) is 14.3. The smallest absolute Gasteiger partial charge is 0.185 e. The molecule has 1 N–H and O–H groups in total. The number of anilines is 1. The van der Waals surface area contributed by atoms with Gasteiger partial charge in [-0.2, -0.15) is 0 Å². The molecule has 1 aliphatic carbocycles. The summed E-state index contributed by atoms with van der Waals surface area (Å²) in [4.78, 5) is 8.76. The van der Waals surface area contributed by atoms with Gasteiger partial charge >= 0.3 is 0 Å². The highest BCUT2D eigenvalue weighted by molar-refractivity contribution is 7.15. The van der Waals surface area contributed by atoms with Crippen molar-refractivity contribution in [2.45, 2.75) is 51.6 Å². The van der Waals surface area contributed by atoms with Gasteiger partial charge in [-0.25, -0.2) is 4.98 Å². The van der Waals surface area contributed by atoms with Crippen molar-refractivity contribution in [1.82, 2.24) is 10.3 Å². The summed E-state index contributed by atoms with van der Waals surface area (Å²) in [5.41, 5.74) is 1.31. The molecule has 1 saturated heterocycles. The predicted molar refractivity (Wildman–Crippen MR) is 83.6 cm³/mol.